The van der Waals surface area contributed by atoms with Gasteiger partial charge in [-0.3, -0.25) is 0 Å². The van der Waals surface area contributed by atoms with Crippen LogP contribution in [0, 0.1) is 27.2 Å². The van der Waals surface area contributed by atoms with E-state index in [1.54, 1.807) is 0 Å². The van der Waals surface area contributed by atoms with Gasteiger partial charge in [-0.2, -0.15) is 0 Å². The van der Waals surface area contributed by atoms with Crippen LogP contribution < -0.4 is 0 Å². The summed E-state index contributed by atoms with van der Waals surface area (Å²) in [5.41, 5.74) is 0. The minimum absolute atomic E-state index is 0.304. The Morgan fingerprint density at radius 3 is 2.36 bits per heavy atom. The van der Waals surface area contributed by atoms with Crippen LogP contribution in [0.4, 0.5) is 0 Å². The molecule has 8 nitrogen and oxygen atoms in total. The van der Waals surface area contributed by atoms with Gasteiger partial charge < -0.3 is 9.68 Å². The molecule has 0 aliphatic heterocycles. The molecule has 1 radical (unpaired) electrons. The molecule has 0 aromatic carbocycles. The second-order valence-electron chi connectivity index (χ2n) is 2.47. The van der Waals surface area contributed by atoms with E-state index in [0.29, 0.717) is 19.3 Å². The summed E-state index contributed by atoms with van der Waals surface area (Å²) in [6, 6.07) is 0. The predicted molar refractivity (Wildman–Crippen MR) is 44.0 cm³/mol. The van der Waals surface area contributed by atoms with Crippen LogP contribution in [-0.2, 0) is 9.68 Å². The summed E-state index contributed by atoms with van der Waals surface area (Å²) in [5.74, 6) is 0. The Morgan fingerprint density at radius 1 is 1.29 bits per heavy atom. The van der Waals surface area contributed by atoms with E-state index in [2.05, 4.69) is 16.6 Å². The molecular weight excluding hydrogens is 196 g/mol. The van der Waals surface area contributed by atoms with Gasteiger partial charge in [0, 0.05) is 0 Å². The quantitative estimate of drug-likeness (QED) is 0.430. The molecule has 0 rings (SSSR count). The minimum atomic E-state index is -1.01. The third kappa shape index (κ3) is 7.07. The summed E-state index contributed by atoms with van der Waals surface area (Å²) in [6.45, 7) is 3.10. The van der Waals surface area contributed by atoms with E-state index in [1.807, 2.05) is 0 Å². The molecule has 14 heavy (non-hydrogen) atoms. The van der Waals surface area contributed by atoms with E-state index in [-0.39, 0.29) is 0 Å². The molecule has 81 valence electrons. The molecule has 0 spiro atoms. The van der Waals surface area contributed by atoms with Gasteiger partial charge in [-0.1, -0.05) is 19.8 Å². The summed E-state index contributed by atoms with van der Waals surface area (Å²) >= 11 is 0. The number of hydrogen-bond acceptors (Lipinski definition) is 6. The van der Waals surface area contributed by atoms with Crippen LogP contribution in [0.15, 0.2) is 0 Å². The van der Waals surface area contributed by atoms with Crippen molar-refractivity contribution in [3.05, 3.63) is 27.2 Å². The molecule has 0 heterocycles. The lowest BCUT2D eigenvalue weighted by atomic mass is 10.2. The SMILES string of the molecule is [CH2]CCC[C@H](CO[N+](=O)[O-])O[N+](=O)[O-]. The topological polar surface area (TPSA) is 105 Å². The monoisotopic (exact) mass is 207 g/mol. The maximum absolute atomic E-state index is 9.96. The van der Waals surface area contributed by atoms with Crippen LogP contribution in [0.5, 0.6) is 0 Å². The van der Waals surface area contributed by atoms with Gasteiger partial charge in [-0.15, -0.1) is 20.2 Å². The molecule has 0 aliphatic carbocycles. The van der Waals surface area contributed by atoms with Crippen molar-refractivity contribution in [3.8, 4) is 0 Å². The van der Waals surface area contributed by atoms with E-state index in [1.165, 1.54) is 0 Å². The fourth-order valence-electron chi connectivity index (χ4n) is 0.804. The van der Waals surface area contributed by atoms with Crippen molar-refractivity contribution in [3.63, 3.8) is 0 Å². The average Bonchev–Trinajstić information content (AvgIpc) is 2.09. The van der Waals surface area contributed by atoms with Crippen LogP contribution in [0.2, 0.25) is 0 Å². The van der Waals surface area contributed by atoms with Crippen molar-refractivity contribution >= 4 is 0 Å². The van der Waals surface area contributed by atoms with Crippen LogP contribution >= 0.6 is 0 Å². The van der Waals surface area contributed by atoms with Crippen molar-refractivity contribution in [2.24, 2.45) is 0 Å². The molecule has 0 unspecified atom stereocenters. The Labute approximate surface area is 80.0 Å². The lowest BCUT2D eigenvalue weighted by Crippen LogP contribution is -2.24. The van der Waals surface area contributed by atoms with E-state index in [4.69, 9.17) is 0 Å². The molecule has 8 heteroatoms. The fourth-order valence-corrected chi connectivity index (χ4v) is 0.804. The smallest absolute Gasteiger partial charge is 0.294 e. The first-order chi connectivity index (χ1) is 6.56. The summed E-state index contributed by atoms with van der Waals surface area (Å²) in [7, 11) is 0. The zero-order valence-electron chi connectivity index (χ0n) is 7.46. The van der Waals surface area contributed by atoms with Gasteiger partial charge in [0.25, 0.3) is 10.2 Å². The fraction of sp³-hybridized carbons (Fsp3) is 0.833. The van der Waals surface area contributed by atoms with E-state index in [0.717, 1.165) is 0 Å². The Hall–Kier alpha value is -1.60. The number of nitrogens with zero attached hydrogens (tertiary/aromatic N) is 2. The molecule has 0 bridgehead atoms. The third-order valence-corrected chi connectivity index (χ3v) is 1.38. The van der Waals surface area contributed by atoms with Crippen molar-refractivity contribution in [1.29, 1.82) is 0 Å². The van der Waals surface area contributed by atoms with Gasteiger partial charge in [0.15, 0.2) is 0 Å². The summed E-state index contributed by atoms with van der Waals surface area (Å²) in [4.78, 5) is 27.9. The van der Waals surface area contributed by atoms with Crippen molar-refractivity contribution < 1.29 is 19.8 Å². The first-order valence-electron chi connectivity index (χ1n) is 3.94. The number of rotatable bonds is 8. The normalized spacial score (nSPS) is 11.8. The van der Waals surface area contributed by atoms with Gasteiger partial charge in [-0.25, -0.2) is 0 Å². The van der Waals surface area contributed by atoms with Gasteiger partial charge in [0.1, 0.15) is 12.7 Å². The molecule has 0 amide bonds. The maximum atomic E-state index is 9.96. The van der Waals surface area contributed by atoms with Gasteiger partial charge in [0.2, 0.25) is 0 Å². The Morgan fingerprint density at radius 2 is 1.93 bits per heavy atom. The summed E-state index contributed by atoms with van der Waals surface area (Å²) < 4.78 is 0. The highest BCUT2D eigenvalue weighted by Gasteiger charge is 2.14. The first kappa shape index (κ1) is 12.4. The Kier molecular flexibility index (Phi) is 6.08. The van der Waals surface area contributed by atoms with Crippen LogP contribution in [-0.4, -0.2) is 22.9 Å². The molecule has 0 aromatic rings. The summed E-state index contributed by atoms with van der Waals surface area (Å²) in [6.07, 6.45) is 0.561. The summed E-state index contributed by atoms with van der Waals surface area (Å²) in [5, 5.41) is 17.8. The zero-order valence-corrected chi connectivity index (χ0v) is 7.46. The lowest BCUT2D eigenvalue weighted by molar-refractivity contribution is -0.790. The molecule has 1 atom stereocenters. The molecule has 0 saturated heterocycles. The lowest BCUT2D eigenvalue weighted by Gasteiger charge is -2.12. The molecule has 0 N–H and O–H groups in total. The maximum Gasteiger partial charge on any atom is 0.294 e. The number of hydrogen-bond donors (Lipinski definition) is 0. The number of unbranched alkanes of at least 4 members (excludes halogenated alkanes) is 1. The molecule has 0 fully saturated rings. The van der Waals surface area contributed by atoms with Gasteiger partial charge in [-0.05, 0) is 6.42 Å². The molecule has 0 aliphatic rings. The van der Waals surface area contributed by atoms with Crippen molar-refractivity contribution in [1.82, 2.24) is 0 Å². The highest BCUT2D eigenvalue weighted by molar-refractivity contribution is 4.55. The average molecular weight is 207 g/mol. The highest BCUT2D eigenvalue weighted by atomic mass is 17.0. The Balaban J connectivity index is 3.83. The van der Waals surface area contributed by atoms with Crippen molar-refractivity contribution in [2.45, 2.75) is 25.4 Å². The molecule has 0 aromatic heterocycles. The van der Waals surface area contributed by atoms with Gasteiger partial charge >= 0.3 is 0 Å². The minimum Gasteiger partial charge on any atom is -0.312 e. The van der Waals surface area contributed by atoms with Gasteiger partial charge in [0.05, 0.1) is 0 Å². The Bertz CT molecular complexity index is 197. The largest absolute Gasteiger partial charge is 0.312 e. The van der Waals surface area contributed by atoms with E-state index in [9.17, 15) is 20.2 Å². The highest BCUT2D eigenvalue weighted by Crippen LogP contribution is 2.05. The second-order valence-corrected chi connectivity index (χ2v) is 2.47. The third-order valence-electron chi connectivity index (χ3n) is 1.38. The standard InChI is InChI=1S/C6H11N2O6/c1-2-3-4-6(14-8(11)12)5-13-7(9)10/h6H,1-5H2/t6-/m1/s1. The molecular formula is C6H11N2O6. The second kappa shape index (κ2) is 6.87. The van der Waals surface area contributed by atoms with Crippen LogP contribution in [0.3, 0.4) is 0 Å². The van der Waals surface area contributed by atoms with Crippen molar-refractivity contribution in [2.75, 3.05) is 6.61 Å². The van der Waals surface area contributed by atoms with E-state index < -0.39 is 22.9 Å². The first-order valence-corrected chi connectivity index (χ1v) is 3.94. The van der Waals surface area contributed by atoms with E-state index >= 15 is 0 Å². The van der Waals surface area contributed by atoms with Crippen LogP contribution in [0.25, 0.3) is 0 Å². The molecule has 0 saturated carbocycles. The zero-order chi connectivity index (χ0) is 11.0. The van der Waals surface area contributed by atoms with Crippen LogP contribution in [0.1, 0.15) is 19.3 Å². The predicted octanol–water partition coefficient (Wildman–Crippen LogP) is 0.776.